The van der Waals surface area contributed by atoms with Crippen LogP contribution in [0.5, 0.6) is 0 Å². The molecule has 0 aliphatic rings. The van der Waals surface area contributed by atoms with Crippen LogP contribution in [0.3, 0.4) is 0 Å². The molecular weight excluding hydrogens is 241 g/mol. The number of hydrogen-bond acceptors (Lipinski definition) is 2. The van der Waals surface area contributed by atoms with E-state index in [1.807, 2.05) is 37.3 Å². The molecule has 0 amide bonds. The summed E-state index contributed by atoms with van der Waals surface area (Å²) in [5.74, 6) is -0.326. The van der Waals surface area contributed by atoms with E-state index in [1.54, 1.807) is 12.1 Å². The number of benzene rings is 2. The van der Waals surface area contributed by atoms with Gasteiger partial charge in [0, 0.05) is 12.6 Å². The van der Waals surface area contributed by atoms with E-state index in [9.17, 15) is 9.50 Å². The summed E-state index contributed by atoms with van der Waals surface area (Å²) in [6.07, 6.45) is -0.707. The number of rotatable bonds is 5. The van der Waals surface area contributed by atoms with Crippen molar-refractivity contribution in [2.75, 3.05) is 6.54 Å². The molecular formula is C16H18FNO. The van der Waals surface area contributed by atoms with Crippen molar-refractivity contribution in [3.8, 4) is 0 Å². The maximum absolute atomic E-state index is 13.1. The maximum atomic E-state index is 13.1. The van der Waals surface area contributed by atoms with Gasteiger partial charge in [-0.25, -0.2) is 4.39 Å². The molecule has 2 rings (SSSR count). The first-order chi connectivity index (χ1) is 9.16. The summed E-state index contributed by atoms with van der Waals surface area (Å²) in [6, 6.07) is 16.2. The van der Waals surface area contributed by atoms with Gasteiger partial charge in [0.25, 0.3) is 0 Å². The lowest BCUT2D eigenvalue weighted by atomic mass is 10.1. The highest BCUT2D eigenvalue weighted by Gasteiger charge is 2.10. The van der Waals surface area contributed by atoms with E-state index in [0.717, 1.165) is 5.56 Å². The van der Waals surface area contributed by atoms with E-state index in [2.05, 4.69) is 5.32 Å². The number of hydrogen-bond donors (Lipinski definition) is 2. The van der Waals surface area contributed by atoms with Crippen molar-refractivity contribution in [1.29, 1.82) is 0 Å². The smallest absolute Gasteiger partial charge is 0.123 e. The van der Waals surface area contributed by atoms with E-state index in [0.29, 0.717) is 12.1 Å². The molecule has 2 N–H and O–H groups in total. The summed E-state index contributed by atoms with van der Waals surface area (Å²) in [5, 5.41) is 13.3. The Hall–Kier alpha value is -1.71. The average Bonchev–Trinajstić information content (AvgIpc) is 2.45. The van der Waals surface area contributed by atoms with E-state index in [1.165, 1.54) is 12.1 Å². The molecule has 100 valence electrons. The quantitative estimate of drug-likeness (QED) is 0.864. The minimum absolute atomic E-state index is 0.143. The van der Waals surface area contributed by atoms with Gasteiger partial charge in [-0.15, -0.1) is 0 Å². The van der Waals surface area contributed by atoms with Crippen LogP contribution in [0.2, 0.25) is 0 Å². The van der Waals surface area contributed by atoms with Gasteiger partial charge in [0.2, 0.25) is 0 Å². The molecule has 19 heavy (non-hydrogen) atoms. The van der Waals surface area contributed by atoms with Gasteiger partial charge >= 0.3 is 0 Å². The third-order valence-electron chi connectivity index (χ3n) is 3.15. The topological polar surface area (TPSA) is 32.3 Å². The highest BCUT2D eigenvalue weighted by Crippen LogP contribution is 2.16. The number of aliphatic hydroxyl groups excluding tert-OH is 1. The van der Waals surface area contributed by atoms with Crippen LogP contribution in [0.1, 0.15) is 30.2 Å². The van der Waals surface area contributed by atoms with Gasteiger partial charge in [-0.05, 0) is 30.2 Å². The normalized spacial score (nSPS) is 14.1. The molecule has 2 aromatic carbocycles. The molecule has 0 fully saturated rings. The van der Waals surface area contributed by atoms with Crippen molar-refractivity contribution < 1.29 is 9.50 Å². The molecule has 0 saturated carbocycles. The fraction of sp³-hybridized carbons (Fsp3) is 0.250. The first-order valence-electron chi connectivity index (χ1n) is 6.38. The Bertz CT molecular complexity index is 515. The summed E-state index contributed by atoms with van der Waals surface area (Å²) in [4.78, 5) is 0. The zero-order chi connectivity index (χ0) is 13.7. The van der Waals surface area contributed by atoms with Crippen LogP contribution >= 0.6 is 0 Å². The Morgan fingerprint density at radius 1 is 1.05 bits per heavy atom. The zero-order valence-electron chi connectivity index (χ0n) is 10.9. The van der Waals surface area contributed by atoms with Crippen molar-refractivity contribution in [3.63, 3.8) is 0 Å². The second-order valence-electron chi connectivity index (χ2n) is 4.61. The predicted molar refractivity (Wildman–Crippen MR) is 74.2 cm³/mol. The van der Waals surface area contributed by atoms with Gasteiger partial charge in [0.05, 0.1) is 6.10 Å². The first-order valence-corrected chi connectivity index (χ1v) is 6.38. The summed E-state index contributed by atoms with van der Waals surface area (Å²) in [7, 11) is 0. The van der Waals surface area contributed by atoms with E-state index in [-0.39, 0.29) is 11.9 Å². The monoisotopic (exact) mass is 259 g/mol. The van der Waals surface area contributed by atoms with Crippen molar-refractivity contribution in [3.05, 3.63) is 71.5 Å². The van der Waals surface area contributed by atoms with Gasteiger partial charge in [0.1, 0.15) is 5.82 Å². The third kappa shape index (κ3) is 3.88. The van der Waals surface area contributed by atoms with Crippen LogP contribution in [0.15, 0.2) is 54.6 Å². The summed E-state index contributed by atoms with van der Waals surface area (Å²) >= 11 is 0. The SMILES string of the molecule is C[C@H](NC[C@@H](O)c1cccc(F)c1)c1ccccc1. The fourth-order valence-electron chi connectivity index (χ4n) is 1.98. The minimum Gasteiger partial charge on any atom is -0.387 e. The van der Waals surface area contributed by atoms with Crippen LogP contribution in [0.4, 0.5) is 4.39 Å². The van der Waals surface area contributed by atoms with Crippen LogP contribution < -0.4 is 5.32 Å². The Labute approximate surface area is 112 Å². The highest BCUT2D eigenvalue weighted by molar-refractivity contribution is 5.20. The summed E-state index contributed by atoms with van der Waals surface area (Å²) in [6.45, 7) is 2.42. The van der Waals surface area contributed by atoms with Crippen molar-refractivity contribution in [2.45, 2.75) is 19.1 Å². The molecule has 0 bridgehead atoms. The molecule has 0 aliphatic heterocycles. The molecule has 0 unspecified atom stereocenters. The van der Waals surface area contributed by atoms with Gasteiger partial charge in [-0.2, -0.15) is 0 Å². The molecule has 3 heteroatoms. The summed E-state index contributed by atoms with van der Waals surface area (Å²) < 4.78 is 13.1. The number of halogens is 1. The van der Waals surface area contributed by atoms with E-state index >= 15 is 0 Å². The molecule has 0 aromatic heterocycles. The van der Waals surface area contributed by atoms with Crippen molar-refractivity contribution in [2.24, 2.45) is 0 Å². The Morgan fingerprint density at radius 3 is 2.42 bits per heavy atom. The molecule has 2 nitrogen and oxygen atoms in total. The lowest BCUT2D eigenvalue weighted by Gasteiger charge is -2.17. The third-order valence-corrected chi connectivity index (χ3v) is 3.15. The second-order valence-corrected chi connectivity index (χ2v) is 4.61. The second kappa shape index (κ2) is 6.45. The van der Waals surface area contributed by atoms with Crippen molar-refractivity contribution in [1.82, 2.24) is 5.32 Å². The summed E-state index contributed by atoms with van der Waals surface area (Å²) in [5.41, 5.74) is 1.75. The lowest BCUT2D eigenvalue weighted by molar-refractivity contribution is 0.170. The predicted octanol–water partition coefficient (Wildman–Crippen LogP) is 3.21. The van der Waals surface area contributed by atoms with Gasteiger partial charge in [-0.1, -0.05) is 42.5 Å². The molecule has 0 heterocycles. The molecule has 2 aromatic rings. The molecule has 0 saturated heterocycles. The molecule has 0 spiro atoms. The zero-order valence-corrected chi connectivity index (χ0v) is 10.9. The fourth-order valence-corrected chi connectivity index (χ4v) is 1.98. The van der Waals surface area contributed by atoms with E-state index < -0.39 is 6.10 Å². The van der Waals surface area contributed by atoms with Gasteiger partial charge in [0.15, 0.2) is 0 Å². The maximum Gasteiger partial charge on any atom is 0.123 e. The number of nitrogens with one attached hydrogen (secondary N) is 1. The first kappa shape index (κ1) is 13.7. The van der Waals surface area contributed by atoms with Gasteiger partial charge < -0.3 is 10.4 Å². The van der Waals surface area contributed by atoms with Crippen molar-refractivity contribution >= 4 is 0 Å². The minimum atomic E-state index is -0.707. The van der Waals surface area contributed by atoms with Crippen LogP contribution in [0.25, 0.3) is 0 Å². The number of aliphatic hydroxyl groups is 1. The Kier molecular flexibility index (Phi) is 4.66. The largest absolute Gasteiger partial charge is 0.387 e. The van der Waals surface area contributed by atoms with E-state index in [4.69, 9.17) is 0 Å². The van der Waals surface area contributed by atoms with Crippen LogP contribution in [0, 0.1) is 5.82 Å². The van der Waals surface area contributed by atoms with Crippen LogP contribution in [-0.4, -0.2) is 11.7 Å². The van der Waals surface area contributed by atoms with Gasteiger partial charge in [-0.3, -0.25) is 0 Å². The molecule has 0 aliphatic carbocycles. The average molecular weight is 259 g/mol. The Balaban J connectivity index is 1.92. The highest BCUT2D eigenvalue weighted by atomic mass is 19.1. The Morgan fingerprint density at radius 2 is 1.74 bits per heavy atom. The molecule has 2 atom stereocenters. The standard InChI is InChI=1S/C16H18FNO/c1-12(13-6-3-2-4-7-13)18-11-16(19)14-8-5-9-15(17)10-14/h2-10,12,16,18-19H,11H2,1H3/t12-,16+/m0/s1. The van der Waals surface area contributed by atoms with Crippen LogP contribution in [-0.2, 0) is 0 Å². The lowest BCUT2D eigenvalue weighted by Crippen LogP contribution is -2.24. The molecule has 0 radical (unpaired) electrons.